The molecule has 90 valence electrons. The summed E-state index contributed by atoms with van der Waals surface area (Å²) >= 11 is 4.83. The highest BCUT2D eigenvalue weighted by Crippen LogP contribution is 2.23. The lowest BCUT2D eigenvalue weighted by atomic mass is 9.99. The van der Waals surface area contributed by atoms with Crippen LogP contribution in [0.1, 0.15) is 12.5 Å². The monoisotopic (exact) mass is 313 g/mol. The fourth-order valence-corrected chi connectivity index (χ4v) is 2.32. The molecule has 6 heteroatoms. The average Bonchev–Trinajstić information content (AvgIpc) is 2.82. The zero-order valence-corrected chi connectivity index (χ0v) is 11.6. The molecule has 1 atom stereocenters. The number of halogens is 1. The minimum Gasteiger partial charge on any atom is -0.384 e. The third kappa shape index (κ3) is 3.24. The van der Waals surface area contributed by atoms with E-state index in [4.69, 9.17) is 0 Å². The van der Waals surface area contributed by atoms with E-state index in [1.165, 1.54) is 0 Å². The Hall–Kier alpha value is -0.980. The number of hydrogen-bond donors (Lipinski definition) is 2. The lowest BCUT2D eigenvalue weighted by Gasteiger charge is -2.22. The Morgan fingerprint density at radius 2 is 2.18 bits per heavy atom. The van der Waals surface area contributed by atoms with E-state index >= 15 is 0 Å². The van der Waals surface area contributed by atoms with Gasteiger partial charge in [-0.25, -0.2) is 9.97 Å². The zero-order chi connectivity index (χ0) is 12.3. The van der Waals surface area contributed by atoms with Crippen molar-refractivity contribution >= 4 is 33.2 Å². The Morgan fingerprint density at radius 3 is 2.76 bits per heavy atom. The van der Waals surface area contributed by atoms with Crippen molar-refractivity contribution in [3.8, 4) is 0 Å². The molecule has 0 saturated heterocycles. The minimum absolute atomic E-state index is 0.366. The Bertz CT molecular complexity index is 470. The van der Waals surface area contributed by atoms with Gasteiger partial charge >= 0.3 is 0 Å². The van der Waals surface area contributed by atoms with E-state index in [0.29, 0.717) is 12.5 Å². The van der Waals surface area contributed by atoms with Crippen molar-refractivity contribution in [3.05, 3.63) is 39.3 Å². The van der Waals surface area contributed by atoms with Gasteiger partial charge in [-0.3, -0.25) is 0 Å². The molecule has 0 aliphatic heterocycles. The summed E-state index contributed by atoms with van der Waals surface area (Å²) in [4.78, 5) is 8.17. The molecule has 0 amide bonds. The van der Waals surface area contributed by atoms with Crippen LogP contribution in [0.5, 0.6) is 0 Å². The summed E-state index contributed by atoms with van der Waals surface area (Å²) < 4.78 is 0.827. The lowest BCUT2D eigenvalue weighted by Crippen LogP contribution is -2.30. The summed E-state index contributed by atoms with van der Waals surface area (Å²) in [7, 11) is 0. The van der Waals surface area contributed by atoms with Gasteiger partial charge in [-0.05, 0) is 45.2 Å². The Morgan fingerprint density at radius 1 is 1.47 bits per heavy atom. The van der Waals surface area contributed by atoms with Crippen LogP contribution >= 0.6 is 27.3 Å². The van der Waals surface area contributed by atoms with Crippen molar-refractivity contribution in [1.29, 1.82) is 0 Å². The highest BCUT2D eigenvalue weighted by Gasteiger charge is 2.23. The Labute approximate surface area is 112 Å². The maximum atomic E-state index is 10.3. The van der Waals surface area contributed by atoms with Gasteiger partial charge in [0.05, 0.1) is 11.0 Å². The maximum Gasteiger partial charge on any atom is 0.222 e. The van der Waals surface area contributed by atoms with E-state index in [9.17, 15) is 5.11 Å². The molecule has 2 aromatic heterocycles. The van der Waals surface area contributed by atoms with Gasteiger partial charge in [0.2, 0.25) is 5.95 Å². The molecule has 0 aliphatic carbocycles. The number of hydrogen-bond acceptors (Lipinski definition) is 5. The van der Waals surface area contributed by atoms with Gasteiger partial charge in [-0.15, -0.1) is 0 Å². The number of nitrogens with zero attached hydrogens (tertiary/aromatic N) is 2. The Balaban J connectivity index is 2.00. The molecule has 2 N–H and O–H groups in total. The van der Waals surface area contributed by atoms with Crippen LogP contribution in [0.15, 0.2) is 33.7 Å². The van der Waals surface area contributed by atoms with Crippen LogP contribution in [0.3, 0.4) is 0 Å². The van der Waals surface area contributed by atoms with Crippen LogP contribution in [0.2, 0.25) is 0 Å². The SMILES string of the molecule is C[C@@](O)(CNc1ncc(Br)cn1)c1ccsc1. The van der Waals surface area contributed by atoms with Crippen molar-refractivity contribution < 1.29 is 5.11 Å². The molecule has 0 aliphatic rings. The van der Waals surface area contributed by atoms with Crippen LogP contribution in [-0.4, -0.2) is 21.6 Å². The van der Waals surface area contributed by atoms with Crippen molar-refractivity contribution in [2.75, 3.05) is 11.9 Å². The second-order valence-electron chi connectivity index (χ2n) is 3.86. The van der Waals surface area contributed by atoms with Crippen LogP contribution in [0, 0.1) is 0 Å². The second-order valence-corrected chi connectivity index (χ2v) is 5.56. The highest BCUT2D eigenvalue weighted by molar-refractivity contribution is 9.10. The van der Waals surface area contributed by atoms with Crippen molar-refractivity contribution in [2.24, 2.45) is 0 Å². The van der Waals surface area contributed by atoms with Gasteiger partial charge < -0.3 is 10.4 Å². The first kappa shape index (κ1) is 12.5. The number of aromatic nitrogens is 2. The number of nitrogens with one attached hydrogen (secondary N) is 1. The molecule has 2 rings (SSSR count). The molecular weight excluding hydrogens is 302 g/mol. The number of thiophene rings is 1. The molecule has 0 saturated carbocycles. The molecular formula is C11H12BrN3OS. The molecule has 0 fully saturated rings. The largest absolute Gasteiger partial charge is 0.384 e. The Kier molecular flexibility index (Phi) is 3.76. The predicted octanol–water partition coefficient (Wildman–Crippen LogP) is 2.62. The fraction of sp³-hybridized carbons (Fsp3) is 0.273. The van der Waals surface area contributed by atoms with E-state index < -0.39 is 5.60 Å². The van der Waals surface area contributed by atoms with E-state index in [2.05, 4.69) is 31.2 Å². The van der Waals surface area contributed by atoms with E-state index in [0.717, 1.165) is 10.0 Å². The molecule has 2 heterocycles. The zero-order valence-electron chi connectivity index (χ0n) is 9.22. The van der Waals surface area contributed by atoms with Gasteiger partial charge in [0.1, 0.15) is 5.60 Å². The summed E-state index contributed by atoms with van der Waals surface area (Å²) in [5.41, 5.74) is -0.0247. The first-order chi connectivity index (χ1) is 8.08. The van der Waals surface area contributed by atoms with Gasteiger partial charge in [0.25, 0.3) is 0 Å². The van der Waals surface area contributed by atoms with Gasteiger partial charge in [-0.1, -0.05) is 0 Å². The molecule has 0 spiro atoms. The summed E-state index contributed by atoms with van der Waals surface area (Å²) in [6, 6.07) is 1.91. The van der Waals surface area contributed by atoms with Crippen LogP contribution in [-0.2, 0) is 5.60 Å². The number of aliphatic hydroxyl groups is 1. The van der Waals surface area contributed by atoms with E-state index in [1.807, 2.05) is 16.8 Å². The lowest BCUT2D eigenvalue weighted by molar-refractivity contribution is 0.0718. The average molecular weight is 314 g/mol. The maximum absolute atomic E-state index is 10.3. The standard InChI is InChI=1S/C11H12BrN3OS/c1-11(16,8-2-3-17-6-8)7-15-10-13-4-9(12)5-14-10/h2-6,16H,7H2,1H3,(H,13,14,15)/t11-/m1/s1. The first-order valence-electron chi connectivity index (χ1n) is 5.04. The molecule has 0 unspecified atom stereocenters. The smallest absolute Gasteiger partial charge is 0.222 e. The third-order valence-electron chi connectivity index (χ3n) is 2.35. The molecule has 4 nitrogen and oxygen atoms in total. The van der Waals surface area contributed by atoms with Crippen molar-refractivity contribution in [3.63, 3.8) is 0 Å². The van der Waals surface area contributed by atoms with Crippen molar-refractivity contribution in [1.82, 2.24) is 9.97 Å². The molecule has 17 heavy (non-hydrogen) atoms. The number of rotatable bonds is 4. The molecule has 0 radical (unpaired) electrons. The van der Waals surface area contributed by atoms with Crippen LogP contribution < -0.4 is 5.32 Å². The van der Waals surface area contributed by atoms with Gasteiger partial charge in [0.15, 0.2) is 0 Å². The molecule has 2 aromatic rings. The summed E-state index contributed by atoms with van der Waals surface area (Å²) in [5, 5.41) is 17.2. The second kappa shape index (κ2) is 5.12. The summed E-state index contributed by atoms with van der Waals surface area (Å²) in [6.45, 7) is 2.13. The van der Waals surface area contributed by atoms with E-state index in [1.54, 1.807) is 30.7 Å². The number of anilines is 1. The first-order valence-corrected chi connectivity index (χ1v) is 6.78. The van der Waals surface area contributed by atoms with Gasteiger partial charge in [0, 0.05) is 12.4 Å². The van der Waals surface area contributed by atoms with Crippen LogP contribution in [0.4, 0.5) is 5.95 Å². The quantitative estimate of drug-likeness (QED) is 0.911. The normalized spacial score (nSPS) is 14.3. The van der Waals surface area contributed by atoms with E-state index in [-0.39, 0.29) is 0 Å². The summed E-state index contributed by atoms with van der Waals surface area (Å²) in [5.74, 6) is 0.503. The third-order valence-corrected chi connectivity index (χ3v) is 3.45. The predicted molar refractivity (Wildman–Crippen MR) is 72.1 cm³/mol. The fourth-order valence-electron chi connectivity index (χ4n) is 1.33. The highest BCUT2D eigenvalue weighted by atomic mass is 79.9. The summed E-state index contributed by atoms with van der Waals surface area (Å²) in [6.07, 6.45) is 3.32. The molecule has 0 bridgehead atoms. The minimum atomic E-state index is -0.920. The topological polar surface area (TPSA) is 58.0 Å². The molecule has 0 aromatic carbocycles. The van der Waals surface area contributed by atoms with Crippen molar-refractivity contribution in [2.45, 2.75) is 12.5 Å². The van der Waals surface area contributed by atoms with Crippen LogP contribution in [0.25, 0.3) is 0 Å². The van der Waals surface area contributed by atoms with Gasteiger partial charge in [-0.2, -0.15) is 11.3 Å².